The summed E-state index contributed by atoms with van der Waals surface area (Å²) in [7, 11) is 3.05. The minimum absolute atomic E-state index is 0.356. The smallest absolute Gasteiger partial charge is 0.271 e. The van der Waals surface area contributed by atoms with E-state index >= 15 is 0 Å². The third kappa shape index (κ3) is 5.75. The number of ether oxygens (including phenoxy) is 3. The molecule has 0 spiro atoms. The van der Waals surface area contributed by atoms with Gasteiger partial charge in [0, 0.05) is 22.2 Å². The van der Waals surface area contributed by atoms with Gasteiger partial charge in [-0.2, -0.15) is 5.10 Å². The third-order valence-electron chi connectivity index (χ3n) is 4.20. The highest BCUT2D eigenvalue weighted by Crippen LogP contribution is 2.22. The summed E-state index contributed by atoms with van der Waals surface area (Å²) >= 11 is 6.15. The van der Waals surface area contributed by atoms with Gasteiger partial charge >= 0.3 is 0 Å². The molecule has 0 bridgehead atoms. The second-order valence-corrected chi connectivity index (χ2v) is 6.66. The number of nitrogens with zero attached hydrogens (tertiary/aromatic N) is 1. The summed E-state index contributed by atoms with van der Waals surface area (Å²) in [5.74, 6) is 1.33. The van der Waals surface area contributed by atoms with Crippen molar-refractivity contribution in [3.63, 3.8) is 0 Å². The molecule has 3 rings (SSSR count). The van der Waals surface area contributed by atoms with Crippen molar-refractivity contribution >= 4 is 23.7 Å². The van der Waals surface area contributed by atoms with Gasteiger partial charge in [0.2, 0.25) is 0 Å². The Labute approximate surface area is 180 Å². The number of benzene rings is 3. The van der Waals surface area contributed by atoms with Crippen molar-refractivity contribution in [2.45, 2.75) is 6.61 Å². The van der Waals surface area contributed by atoms with Crippen molar-refractivity contribution in [1.82, 2.24) is 5.43 Å². The molecule has 0 heterocycles. The van der Waals surface area contributed by atoms with Gasteiger partial charge in [0.1, 0.15) is 23.9 Å². The molecule has 0 saturated carbocycles. The lowest BCUT2D eigenvalue weighted by molar-refractivity contribution is 0.0954. The van der Waals surface area contributed by atoms with E-state index in [2.05, 4.69) is 10.5 Å². The summed E-state index contributed by atoms with van der Waals surface area (Å²) < 4.78 is 16.2. The highest BCUT2D eigenvalue weighted by atomic mass is 35.5. The molecule has 0 saturated heterocycles. The van der Waals surface area contributed by atoms with Crippen LogP contribution in [0.4, 0.5) is 0 Å². The number of carbonyl (C=O) groups excluding carboxylic acids is 1. The molecular formula is C23H21ClN2O4. The van der Waals surface area contributed by atoms with Crippen molar-refractivity contribution in [1.29, 1.82) is 0 Å². The molecule has 0 aliphatic carbocycles. The number of amides is 1. The maximum atomic E-state index is 12.4. The topological polar surface area (TPSA) is 69.2 Å². The van der Waals surface area contributed by atoms with Crippen LogP contribution in [0, 0.1) is 0 Å². The Hall–Kier alpha value is -3.51. The largest absolute Gasteiger partial charge is 0.497 e. The first-order chi connectivity index (χ1) is 14.6. The van der Waals surface area contributed by atoms with Crippen LogP contribution in [0.15, 0.2) is 71.8 Å². The van der Waals surface area contributed by atoms with Crippen LogP contribution in [0.25, 0.3) is 0 Å². The number of carbonyl (C=O) groups is 1. The van der Waals surface area contributed by atoms with Crippen LogP contribution in [0.3, 0.4) is 0 Å². The zero-order valence-electron chi connectivity index (χ0n) is 16.6. The number of halogens is 1. The minimum atomic E-state index is -0.380. The van der Waals surface area contributed by atoms with Crippen LogP contribution in [0.1, 0.15) is 21.5 Å². The maximum absolute atomic E-state index is 12.4. The highest BCUT2D eigenvalue weighted by molar-refractivity contribution is 6.31. The molecule has 3 aromatic carbocycles. The zero-order chi connectivity index (χ0) is 21.3. The molecule has 0 aromatic heterocycles. The van der Waals surface area contributed by atoms with Crippen LogP contribution in [-0.2, 0) is 6.61 Å². The van der Waals surface area contributed by atoms with Crippen LogP contribution >= 0.6 is 11.6 Å². The predicted molar refractivity (Wildman–Crippen MR) is 117 cm³/mol. The second kappa shape index (κ2) is 10.3. The van der Waals surface area contributed by atoms with E-state index in [9.17, 15) is 4.79 Å². The SMILES string of the molecule is COc1cc(OC)cc(C(=O)NN=Cc2cccc(OCc3ccccc3Cl)c2)c1. The fourth-order valence-electron chi connectivity index (χ4n) is 2.63. The predicted octanol–water partition coefficient (Wildman–Crippen LogP) is 4.70. The average Bonchev–Trinajstić information content (AvgIpc) is 2.78. The van der Waals surface area contributed by atoms with Crippen LogP contribution in [0.2, 0.25) is 5.02 Å². The van der Waals surface area contributed by atoms with E-state index in [0.29, 0.717) is 34.4 Å². The van der Waals surface area contributed by atoms with Gasteiger partial charge in [0.05, 0.1) is 20.4 Å². The molecule has 3 aromatic rings. The Balaban J connectivity index is 1.62. The molecule has 1 N–H and O–H groups in total. The van der Waals surface area contributed by atoms with E-state index in [0.717, 1.165) is 11.1 Å². The fourth-order valence-corrected chi connectivity index (χ4v) is 2.82. The Morgan fingerprint density at radius 2 is 1.70 bits per heavy atom. The summed E-state index contributed by atoms with van der Waals surface area (Å²) in [6, 6.07) is 19.8. The minimum Gasteiger partial charge on any atom is -0.497 e. The lowest BCUT2D eigenvalue weighted by atomic mass is 10.2. The van der Waals surface area contributed by atoms with E-state index in [4.69, 9.17) is 25.8 Å². The second-order valence-electron chi connectivity index (χ2n) is 6.25. The molecule has 154 valence electrons. The monoisotopic (exact) mass is 424 g/mol. The summed E-state index contributed by atoms with van der Waals surface area (Å²) in [5.41, 5.74) is 4.55. The van der Waals surface area contributed by atoms with Gasteiger partial charge in [0.15, 0.2) is 0 Å². The lowest BCUT2D eigenvalue weighted by Gasteiger charge is -2.08. The first kappa shape index (κ1) is 21.2. The number of methoxy groups -OCH3 is 2. The molecule has 7 heteroatoms. The molecule has 0 aliphatic heterocycles. The maximum Gasteiger partial charge on any atom is 0.271 e. The lowest BCUT2D eigenvalue weighted by Crippen LogP contribution is -2.17. The first-order valence-corrected chi connectivity index (χ1v) is 9.49. The van der Waals surface area contributed by atoms with Gasteiger partial charge in [-0.15, -0.1) is 0 Å². The van der Waals surface area contributed by atoms with E-state index in [-0.39, 0.29) is 5.91 Å². The number of nitrogens with one attached hydrogen (secondary N) is 1. The van der Waals surface area contributed by atoms with Gasteiger partial charge < -0.3 is 14.2 Å². The molecule has 30 heavy (non-hydrogen) atoms. The standard InChI is InChI=1S/C23H21ClN2O4/c1-28-20-11-18(12-21(13-20)29-2)23(27)26-25-14-16-6-5-8-19(10-16)30-15-17-7-3-4-9-22(17)24/h3-14H,15H2,1-2H3,(H,26,27). The Bertz CT molecular complexity index is 1030. The molecular weight excluding hydrogens is 404 g/mol. The Kier molecular flexibility index (Phi) is 7.29. The molecule has 0 unspecified atom stereocenters. The molecule has 1 amide bonds. The number of hydrazone groups is 1. The van der Waals surface area contributed by atoms with Gasteiger partial charge in [-0.25, -0.2) is 5.43 Å². The van der Waals surface area contributed by atoms with Crippen molar-refractivity contribution in [2.75, 3.05) is 14.2 Å². The third-order valence-corrected chi connectivity index (χ3v) is 4.57. The molecule has 6 nitrogen and oxygen atoms in total. The van der Waals surface area contributed by atoms with Crippen LogP contribution in [0.5, 0.6) is 17.2 Å². The summed E-state index contributed by atoms with van der Waals surface area (Å²) in [5, 5.41) is 4.68. The molecule has 0 aliphatic rings. The summed E-state index contributed by atoms with van der Waals surface area (Å²) in [4.78, 5) is 12.4. The van der Waals surface area contributed by atoms with Crippen molar-refractivity contribution in [3.8, 4) is 17.2 Å². The Morgan fingerprint density at radius 3 is 2.40 bits per heavy atom. The van der Waals surface area contributed by atoms with Gasteiger partial charge in [-0.3, -0.25) is 4.79 Å². The molecule has 0 fully saturated rings. The van der Waals surface area contributed by atoms with E-state index in [1.165, 1.54) is 20.4 Å². The average molecular weight is 425 g/mol. The van der Waals surface area contributed by atoms with E-state index in [1.807, 2.05) is 48.5 Å². The number of hydrogen-bond donors (Lipinski definition) is 1. The van der Waals surface area contributed by atoms with Crippen LogP contribution < -0.4 is 19.6 Å². The number of rotatable bonds is 8. The summed E-state index contributed by atoms with van der Waals surface area (Å²) in [6.45, 7) is 0.356. The molecule has 0 radical (unpaired) electrons. The van der Waals surface area contributed by atoms with E-state index in [1.54, 1.807) is 18.2 Å². The van der Waals surface area contributed by atoms with Crippen molar-refractivity contribution in [2.24, 2.45) is 5.10 Å². The van der Waals surface area contributed by atoms with Crippen LogP contribution in [-0.4, -0.2) is 26.3 Å². The summed E-state index contributed by atoms with van der Waals surface area (Å²) in [6.07, 6.45) is 1.54. The van der Waals surface area contributed by atoms with Crippen molar-refractivity contribution < 1.29 is 19.0 Å². The Morgan fingerprint density at radius 1 is 0.967 bits per heavy atom. The van der Waals surface area contributed by atoms with Gasteiger partial charge in [0.25, 0.3) is 5.91 Å². The number of hydrogen-bond acceptors (Lipinski definition) is 5. The zero-order valence-corrected chi connectivity index (χ0v) is 17.3. The normalized spacial score (nSPS) is 10.6. The first-order valence-electron chi connectivity index (χ1n) is 9.12. The van der Waals surface area contributed by atoms with Gasteiger partial charge in [-0.1, -0.05) is 41.9 Å². The molecule has 0 atom stereocenters. The van der Waals surface area contributed by atoms with E-state index < -0.39 is 0 Å². The highest BCUT2D eigenvalue weighted by Gasteiger charge is 2.09. The quantitative estimate of drug-likeness (QED) is 0.420. The fraction of sp³-hybridized carbons (Fsp3) is 0.130. The van der Waals surface area contributed by atoms with Gasteiger partial charge in [-0.05, 0) is 35.9 Å². The van der Waals surface area contributed by atoms with Crippen molar-refractivity contribution in [3.05, 3.63) is 88.4 Å².